The first-order valence-corrected chi connectivity index (χ1v) is 16.5. The number of halogens is 2. The molecule has 3 amide bonds. The van der Waals surface area contributed by atoms with Crippen molar-refractivity contribution in [1.29, 1.82) is 0 Å². The summed E-state index contributed by atoms with van der Waals surface area (Å²) < 4.78 is 45.9. The fourth-order valence-electron chi connectivity index (χ4n) is 4.96. The van der Waals surface area contributed by atoms with Gasteiger partial charge in [0, 0.05) is 41.6 Å². The highest BCUT2D eigenvalue weighted by Crippen LogP contribution is 2.47. The molecule has 0 spiro atoms. The molecule has 0 unspecified atom stereocenters. The molecular formula is C35H34F2N4O7S. The minimum Gasteiger partial charge on any atom is -0.493 e. The van der Waals surface area contributed by atoms with Crippen molar-refractivity contribution in [1.82, 2.24) is 10.3 Å². The summed E-state index contributed by atoms with van der Waals surface area (Å²) in [5, 5.41) is 8.57. The first-order valence-electron chi connectivity index (χ1n) is 15.5. The van der Waals surface area contributed by atoms with Gasteiger partial charge < -0.3 is 30.2 Å². The first kappa shape index (κ1) is 35.1. The predicted octanol–water partition coefficient (Wildman–Crippen LogP) is 6.26. The molecule has 256 valence electrons. The maximum absolute atomic E-state index is 15.2. The quantitative estimate of drug-likeness (QED) is 0.0664. The topological polar surface area (TPSA) is 145 Å². The number of hydrogen-bond acceptors (Lipinski definition) is 9. The van der Waals surface area contributed by atoms with Crippen LogP contribution in [0.25, 0.3) is 10.9 Å². The van der Waals surface area contributed by atoms with Gasteiger partial charge in [0.15, 0.2) is 28.7 Å². The van der Waals surface area contributed by atoms with Gasteiger partial charge in [-0.2, -0.15) is 0 Å². The molecule has 1 aliphatic carbocycles. The van der Waals surface area contributed by atoms with Gasteiger partial charge in [0.1, 0.15) is 17.0 Å². The van der Waals surface area contributed by atoms with Gasteiger partial charge in [0.2, 0.25) is 17.7 Å². The van der Waals surface area contributed by atoms with E-state index in [-0.39, 0.29) is 23.1 Å². The standard InChI is InChI=1S/C35H34F2N4O7S/c1-46-30-18-25-27(19-31(30)47-16-4-2-3-14-39-32(43)20-49-21-42)38-15-11-28(25)48-29-10-9-24(17-26(29)37)41-34(45)35(12-13-35)33(44)40-23-7-5-22(36)6-8-23/h5-11,15,17-19,21H,2-4,12-14,16,20H2,1H3,(H,39,43)(H,40,44)(H,41,45). The largest absolute Gasteiger partial charge is 0.493 e. The third-order valence-electron chi connectivity index (χ3n) is 7.80. The Bertz CT molecular complexity index is 1840. The number of benzene rings is 3. The van der Waals surface area contributed by atoms with Crippen LogP contribution in [0.1, 0.15) is 32.1 Å². The molecule has 1 fully saturated rings. The van der Waals surface area contributed by atoms with Crippen LogP contribution in [0.3, 0.4) is 0 Å². The molecule has 0 atom stereocenters. The number of pyridine rings is 1. The zero-order valence-corrected chi connectivity index (χ0v) is 27.4. The summed E-state index contributed by atoms with van der Waals surface area (Å²) in [6, 6.07) is 14.2. The Morgan fingerprint density at radius 2 is 1.61 bits per heavy atom. The Balaban J connectivity index is 1.18. The van der Waals surface area contributed by atoms with Crippen molar-refractivity contribution in [3.05, 3.63) is 78.5 Å². The summed E-state index contributed by atoms with van der Waals surface area (Å²) >= 11 is 0.913. The van der Waals surface area contributed by atoms with Gasteiger partial charge in [-0.1, -0.05) is 11.8 Å². The third kappa shape index (κ3) is 9.02. The molecule has 1 aliphatic rings. The van der Waals surface area contributed by atoms with Crippen LogP contribution in [-0.4, -0.2) is 54.3 Å². The van der Waals surface area contributed by atoms with Crippen molar-refractivity contribution >= 4 is 57.4 Å². The number of methoxy groups -OCH3 is 1. The number of unbranched alkanes of at least 4 members (excludes halogenated alkanes) is 2. The summed E-state index contributed by atoms with van der Waals surface area (Å²) in [6.07, 6.45) is 4.48. The van der Waals surface area contributed by atoms with Crippen LogP contribution in [0.2, 0.25) is 0 Å². The lowest BCUT2D eigenvalue weighted by Gasteiger charge is -2.16. The van der Waals surface area contributed by atoms with E-state index in [2.05, 4.69) is 20.9 Å². The second kappa shape index (κ2) is 16.2. The summed E-state index contributed by atoms with van der Waals surface area (Å²) in [5.41, 5.74) is 0.385. The Labute approximate surface area is 285 Å². The van der Waals surface area contributed by atoms with E-state index in [9.17, 15) is 23.6 Å². The summed E-state index contributed by atoms with van der Waals surface area (Å²) in [5.74, 6) is -1.22. The Morgan fingerprint density at radius 1 is 0.878 bits per heavy atom. The molecule has 4 aromatic rings. The lowest BCUT2D eigenvalue weighted by molar-refractivity contribution is -0.131. The highest BCUT2D eigenvalue weighted by molar-refractivity contribution is 8.12. The number of thioether (sulfide) groups is 1. The number of ether oxygens (including phenoxy) is 3. The number of aromatic nitrogens is 1. The van der Waals surface area contributed by atoms with Gasteiger partial charge in [-0.05, 0) is 80.6 Å². The van der Waals surface area contributed by atoms with Crippen molar-refractivity contribution in [2.24, 2.45) is 5.41 Å². The molecule has 49 heavy (non-hydrogen) atoms. The lowest BCUT2D eigenvalue weighted by Crippen LogP contribution is -2.35. The van der Waals surface area contributed by atoms with Crippen molar-refractivity contribution < 1.29 is 42.2 Å². The van der Waals surface area contributed by atoms with E-state index in [1.165, 1.54) is 49.7 Å². The molecule has 0 aliphatic heterocycles. The van der Waals surface area contributed by atoms with E-state index < -0.39 is 28.9 Å². The number of amides is 3. The molecule has 3 aromatic carbocycles. The molecule has 3 N–H and O–H groups in total. The zero-order chi connectivity index (χ0) is 34.8. The van der Waals surface area contributed by atoms with Crippen LogP contribution in [-0.2, 0) is 19.2 Å². The van der Waals surface area contributed by atoms with E-state index in [1.807, 2.05) is 0 Å². The van der Waals surface area contributed by atoms with Gasteiger partial charge in [0.05, 0.1) is 25.0 Å². The number of anilines is 2. The van der Waals surface area contributed by atoms with Crippen molar-refractivity contribution in [2.75, 3.05) is 36.6 Å². The van der Waals surface area contributed by atoms with Gasteiger partial charge in [-0.25, -0.2) is 8.78 Å². The first-order chi connectivity index (χ1) is 23.7. The number of hydrogen-bond donors (Lipinski definition) is 3. The van der Waals surface area contributed by atoms with E-state index in [4.69, 9.17) is 14.2 Å². The maximum Gasteiger partial charge on any atom is 0.240 e. The monoisotopic (exact) mass is 692 g/mol. The smallest absolute Gasteiger partial charge is 0.240 e. The van der Waals surface area contributed by atoms with Crippen LogP contribution in [0.15, 0.2) is 66.9 Å². The predicted molar refractivity (Wildman–Crippen MR) is 182 cm³/mol. The Kier molecular flexibility index (Phi) is 11.6. The lowest BCUT2D eigenvalue weighted by atomic mass is 10.0. The minimum atomic E-state index is -1.30. The molecule has 5 rings (SSSR count). The third-order valence-corrected chi connectivity index (χ3v) is 8.37. The van der Waals surface area contributed by atoms with Crippen LogP contribution in [0, 0.1) is 17.0 Å². The van der Waals surface area contributed by atoms with Crippen LogP contribution in [0.5, 0.6) is 23.0 Å². The van der Waals surface area contributed by atoms with Crippen LogP contribution < -0.4 is 30.2 Å². The molecular weight excluding hydrogens is 658 g/mol. The highest BCUT2D eigenvalue weighted by atomic mass is 32.2. The second-order valence-electron chi connectivity index (χ2n) is 11.2. The average molecular weight is 693 g/mol. The number of carbonyl (C=O) groups is 4. The number of fused-ring (bicyclic) bond motifs is 1. The summed E-state index contributed by atoms with van der Waals surface area (Å²) in [7, 11) is 1.50. The van der Waals surface area contributed by atoms with E-state index >= 15 is 4.39 Å². The summed E-state index contributed by atoms with van der Waals surface area (Å²) in [4.78, 5) is 52.2. The van der Waals surface area contributed by atoms with Crippen molar-refractivity contribution in [3.63, 3.8) is 0 Å². The molecule has 11 nitrogen and oxygen atoms in total. The normalized spacial score (nSPS) is 12.9. The maximum atomic E-state index is 15.2. The van der Waals surface area contributed by atoms with E-state index in [0.717, 1.165) is 37.1 Å². The van der Waals surface area contributed by atoms with Gasteiger partial charge in [-0.3, -0.25) is 24.2 Å². The zero-order valence-electron chi connectivity index (χ0n) is 26.6. The van der Waals surface area contributed by atoms with Crippen molar-refractivity contribution in [3.8, 4) is 23.0 Å². The average Bonchev–Trinajstić information content (AvgIpc) is 3.91. The van der Waals surface area contributed by atoms with Gasteiger partial charge >= 0.3 is 0 Å². The molecule has 0 bridgehead atoms. The SMILES string of the molecule is COc1cc2c(Oc3ccc(NC(=O)C4(C(=O)Nc5ccc(F)cc5)CC4)cc3F)ccnc2cc1OCCCCCNC(=O)CSC=O. The Hall–Kier alpha value is -5.24. The van der Waals surface area contributed by atoms with Gasteiger partial charge in [-0.15, -0.1) is 0 Å². The molecule has 1 heterocycles. The number of carbonyl (C=O) groups excluding carboxylic acids is 4. The number of rotatable bonds is 17. The fraction of sp³-hybridized carbons (Fsp3) is 0.286. The molecule has 14 heteroatoms. The highest BCUT2D eigenvalue weighted by Gasteiger charge is 2.56. The molecule has 1 saturated carbocycles. The van der Waals surface area contributed by atoms with E-state index in [0.29, 0.717) is 65.5 Å². The second-order valence-corrected chi connectivity index (χ2v) is 12.1. The number of nitrogens with one attached hydrogen (secondary N) is 3. The van der Waals surface area contributed by atoms with E-state index in [1.54, 1.807) is 18.2 Å². The summed E-state index contributed by atoms with van der Waals surface area (Å²) in [6.45, 7) is 0.919. The fourth-order valence-corrected chi connectivity index (χ4v) is 5.28. The Morgan fingerprint density at radius 3 is 2.31 bits per heavy atom. The molecule has 0 saturated heterocycles. The molecule has 0 radical (unpaired) electrons. The van der Waals surface area contributed by atoms with Crippen LogP contribution in [0.4, 0.5) is 20.2 Å². The van der Waals surface area contributed by atoms with Gasteiger partial charge in [0.25, 0.3) is 0 Å². The van der Waals surface area contributed by atoms with Crippen molar-refractivity contribution in [2.45, 2.75) is 32.1 Å². The van der Waals surface area contributed by atoms with Crippen LogP contribution >= 0.6 is 11.8 Å². The molecule has 1 aromatic heterocycles. The number of nitrogens with zero attached hydrogens (tertiary/aromatic N) is 1. The minimum absolute atomic E-state index is 0.0985.